The van der Waals surface area contributed by atoms with Crippen LogP contribution in [0.1, 0.15) is 23.2 Å². The number of alkyl halides is 3. The van der Waals surface area contributed by atoms with E-state index in [4.69, 9.17) is 0 Å². The number of likely N-dealkylation sites (tertiary alicyclic amines) is 1. The maximum absolute atomic E-state index is 12.8. The predicted molar refractivity (Wildman–Crippen MR) is 79.1 cm³/mol. The van der Waals surface area contributed by atoms with Gasteiger partial charge in [-0.25, -0.2) is 0 Å². The Hall–Kier alpha value is -2.02. The summed E-state index contributed by atoms with van der Waals surface area (Å²) in [6.07, 6.45) is -3.96. The molecule has 0 bridgehead atoms. The highest BCUT2D eigenvalue weighted by Gasteiger charge is 2.54. The molecule has 1 fully saturated rings. The standard InChI is InChI=1S/C16H17F3N2O2/c1-20-10-12(11-4-2-3-5-13(11)20)14(22)21-8-6-15(23,7-9-21)16(17,18)19/h2-5,10,23H,6-9H2,1H3. The van der Waals surface area contributed by atoms with Crippen LogP contribution in [-0.4, -0.2) is 45.3 Å². The van der Waals surface area contributed by atoms with Crippen molar-refractivity contribution in [2.45, 2.75) is 24.6 Å². The van der Waals surface area contributed by atoms with Crippen molar-refractivity contribution in [2.75, 3.05) is 13.1 Å². The number of fused-ring (bicyclic) bond motifs is 1. The van der Waals surface area contributed by atoms with Gasteiger partial charge in [0.1, 0.15) is 0 Å². The second-order valence-corrected chi connectivity index (χ2v) is 5.99. The van der Waals surface area contributed by atoms with Crippen LogP contribution in [0, 0.1) is 0 Å². The Morgan fingerprint density at radius 3 is 2.43 bits per heavy atom. The van der Waals surface area contributed by atoms with Crippen molar-refractivity contribution in [1.29, 1.82) is 0 Å². The zero-order chi connectivity index (χ0) is 16.8. The number of piperidine rings is 1. The molecule has 4 nitrogen and oxygen atoms in total. The number of amides is 1. The largest absolute Gasteiger partial charge is 0.417 e. The van der Waals surface area contributed by atoms with Crippen LogP contribution in [0.3, 0.4) is 0 Å². The molecular weight excluding hydrogens is 309 g/mol. The highest BCUT2D eigenvalue weighted by molar-refractivity contribution is 6.07. The summed E-state index contributed by atoms with van der Waals surface area (Å²) in [6.45, 7) is -0.226. The van der Waals surface area contributed by atoms with Gasteiger partial charge in [-0.1, -0.05) is 18.2 Å². The number of aliphatic hydroxyl groups is 1. The lowest BCUT2D eigenvalue weighted by Crippen LogP contribution is -2.54. The third-order valence-electron chi connectivity index (χ3n) is 4.53. The number of hydrogen-bond acceptors (Lipinski definition) is 2. The zero-order valence-corrected chi connectivity index (χ0v) is 12.6. The SMILES string of the molecule is Cn1cc(C(=O)N2CCC(O)(C(F)(F)F)CC2)c2ccccc21. The molecule has 0 saturated carbocycles. The molecule has 0 aliphatic carbocycles. The lowest BCUT2D eigenvalue weighted by atomic mass is 9.90. The van der Waals surface area contributed by atoms with E-state index in [9.17, 15) is 23.1 Å². The average Bonchev–Trinajstić information content (AvgIpc) is 2.84. The summed E-state index contributed by atoms with van der Waals surface area (Å²) in [6, 6.07) is 7.38. The minimum absolute atomic E-state index is 0.113. The van der Waals surface area contributed by atoms with Crippen LogP contribution < -0.4 is 0 Å². The number of aromatic nitrogens is 1. The Morgan fingerprint density at radius 2 is 1.83 bits per heavy atom. The van der Waals surface area contributed by atoms with Gasteiger partial charge in [-0.15, -0.1) is 0 Å². The number of halogens is 3. The van der Waals surface area contributed by atoms with Gasteiger partial charge in [0.05, 0.1) is 5.56 Å². The molecule has 124 valence electrons. The van der Waals surface area contributed by atoms with E-state index < -0.39 is 24.6 Å². The fraction of sp³-hybridized carbons (Fsp3) is 0.438. The molecule has 0 atom stereocenters. The molecule has 1 amide bonds. The minimum Gasteiger partial charge on any atom is -0.380 e. The van der Waals surface area contributed by atoms with Crippen molar-refractivity contribution < 1.29 is 23.1 Å². The third kappa shape index (κ3) is 2.59. The number of aryl methyl sites for hydroxylation is 1. The molecule has 1 N–H and O–H groups in total. The van der Waals surface area contributed by atoms with Crippen molar-refractivity contribution in [3.05, 3.63) is 36.0 Å². The van der Waals surface area contributed by atoms with Crippen LogP contribution in [-0.2, 0) is 7.05 Å². The van der Waals surface area contributed by atoms with E-state index in [1.807, 2.05) is 35.9 Å². The van der Waals surface area contributed by atoms with Gasteiger partial charge in [0, 0.05) is 50.1 Å². The molecule has 1 aliphatic rings. The first-order chi connectivity index (χ1) is 10.7. The molecule has 3 rings (SSSR count). The highest BCUT2D eigenvalue weighted by atomic mass is 19.4. The van der Waals surface area contributed by atoms with Crippen molar-refractivity contribution in [1.82, 2.24) is 9.47 Å². The van der Waals surface area contributed by atoms with Crippen molar-refractivity contribution in [3.8, 4) is 0 Å². The first kappa shape index (κ1) is 15.9. The molecular formula is C16H17F3N2O2. The van der Waals surface area contributed by atoms with E-state index in [0.29, 0.717) is 5.56 Å². The van der Waals surface area contributed by atoms with Gasteiger partial charge in [-0.2, -0.15) is 13.2 Å². The predicted octanol–water partition coefficient (Wildman–Crippen LogP) is 2.71. The van der Waals surface area contributed by atoms with E-state index in [1.54, 1.807) is 6.20 Å². The summed E-state index contributed by atoms with van der Waals surface area (Å²) in [5.41, 5.74) is -1.33. The number of nitrogens with zero attached hydrogens (tertiary/aromatic N) is 2. The quantitative estimate of drug-likeness (QED) is 0.876. The third-order valence-corrected chi connectivity index (χ3v) is 4.53. The van der Waals surface area contributed by atoms with E-state index >= 15 is 0 Å². The highest BCUT2D eigenvalue weighted by Crippen LogP contribution is 2.38. The second kappa shape index (κ2) is 5.26. The van der Waals surface area contributed by atoms with Gasteiger partial charge in [-0.3, -0.25) is 4.79 Å². The molecule has 1 aromatic carbocycles. The summed E-state index contributed by atoms with van der Waals surface area (Å²) in [5, 5.41) is 10.5. The van der Waals surface area contributed by atoms with Gasteiger partial charge in [0.15, 0.2) is 5.60 Å². The minimum atomic E-state index is -4.67. The maximum atomic E-state index is 12.8. The number of para-hydroxylation sites is 1. The smallest absolute Gasteiger partial charge is 0.380 e. The first-order valence-electron chi connectivity index (χ1n) is 7.35. The van der Waals surface area contributed by atoms with Crippen LogP contribution in [0.5, 0.6) is 0 Å². The van der Waals surface area contributed by atoms with Gasteiger partial charge >= 0.3 is 6.18 Å². The number of carbonyl (C=O) groups excluding carboxylic acids is 1. The van der Waals surface area contributed by atoms with Gasteiger partial charge < -0.3 is 14.6 Å². The van der Waals surface area contributed by atoms with Crippen molar-refractivity contribution in [3.63, 3.8) is 0 Å². The lowest BCUT2D eigenvalue weighted by molar-refractivity contribution is -0.271. The summed E-state index contributed by atoms with van der Waals surface area (Å²) in [5.74, 6) is -0.300. The fourth-order valence-electron chi connectivity index (χ4n) is 3.05. The molecule has 2 aromatic rings. The number of rotatable bonds is 1. The van der Waals surface area contributed by atoms with Crippen LogP contribution in [0.25, 0.3) is 10.9 Å². The van der Waals surface area contributed by atoms with Crippen LogP contribution in [0.4, 0.5) is 13.2 Å². The molecule has 0 spiro atoms. The van der Waals surface area contributed by atoms with Crippen molar-refractivity contribution >= 4 is 16.8 Å². The molecule has 2 heterocycles. The number of hydrogen-bond donors (Lipinski definition) is 1. The molecule has 1 saturated heterocycles. The number of benzene rings is 1. The van der Waals surface area contributed by atoms with Crippen molar-refractivity contribution in [2.24, 2.45) is 7.05 Å². The Bertz CT molecular complexity index is 743. The molecule has 0 radical (unpaired) electrons. The Morgan fingerprint density at radius 1 is 1.22 bits per heavy atom. The number of carbonyl (C=O) groups is 1. The molecule has 0 unspecified atom stereocenters. The second-order valence-electron chi connectivity index (χ2n) is 5.99. The maximum Gasteiger partial charge on any atom is 0.417 e. The zero-order valence-electron chi connectivity index (χ0n) is 12.6. The molecule has 1 aliphatic heterocycles. The summed E-state index contributed by atoms with van der Waals surface area (Å²) in [7, 11) is 1.82. The molecule has 7 heteroatoms. The lowest BCUT2D eigenvalue weighted by Gasteiger charge is -2.39. The average molecular weight is 326 g/mol. The summed E-state index contributed by atoms with van der Waals surface area (Å²) < 4.78 is 40.3. The Labute approximate surface area is 131 Å². The Balaban J connectivity index is 1.82. The van der Waals surface area contributed by atoms with E-state index in [1.165, 1.54) is 4.90 Å². The van der Waals surface area contributed by atoms with Crippen LogP contribution in [0.2, 0.25) is 0 Å². The van der Waals surface area contributed by atoms with Crippen LogP contribution >= 0.6 is 0 Å². The summed E-state index contributed by atoms with van der Waals surface area (Å²) >= 11 is 0. The fourth-order valence-corrected chi connectivity index (χ4v) is 3.05. The van der Waals surface area contributed by atoms with E-state index in [2.05, 4.69) is 0 Å². The van der Waals surface area contributed by atoms with Gasteiger partial charge in [0.2, 0.25) is 0 Å². The Kier molecular flexibility index (Phi) is 3.63. The normalized spacial score (nSPS) is 18.4. The topological polar surface area (TPSA) is 45.5 Å². The van der Waals surface area contributed by atoms with E-state index in [0.717, 1.165) is 10.9 Å². The van der Waals surface area contributed by atoms with Gasteiger partial charge in [-0.05, 0) is 6.07 Å². The van der Waals surface area contributed by atoms with Gasteiger partial charge in [0.25, 0.3) is 5.91 Å². The molecule has 1 aromatic heterocycles. The monoisotopic (exact) mass is 326 g/mol. The van der Waals surface area contributed by atoms with Crippen LogP contribution in [0.15, 0.2) is 30.5 Å². The molecule has 23 heavy (non-hydrogen) atoms. The first-order valence-corrected chi connectivity index (χ1v) is 7.35. The summed E-state index contributed by atoms with van der Waals surface area (Å²) in [4.78, 5) is 14.0. The van der Waals surface area contributed by atoms with E-state index in [-0.39, 0.29) is 19.0 Å².